The van der Waals surface area contributed by atoms with Crippen LogP contribution in [0.1, 0.15) is 16.7 Å². The number of methoxy groups -OCH3 is 1. The maximum atomic E-state index is 12.1. The minimum absolute atomic E-state index is 0.369. The fourth-order valence-electron chi connectivity index (χ4n) is 3.46. The second kappa shape index (κ2) is 9.22. The zero-order valence-electron chi connectivity index (χ0n) is 17.7. The van der Waals surface area contributed by atoms with E-state index >= 15 is 0 Å². The van der Waals surface area contributed by atoms with E-state index in [0.717, 1.165) is 33.6 Å². The summed E-state index contributed by atoms with van der Waals surface area (Å²) in [5.41, 5.74) is 16.0. The molecule has 6 nitrogen and oxygen atoms in total. The molecule has 0 unspecified atom stereocenters. The number of nitrogens with two attached hydrogens (primary N) is 2. The summed E-state index contributed by atoms with van der Waals surface area (Å²) in [4.78, 5) is 16.7. The van der Waals surface area contributed by atoms with Crippen LogP contribution in [0.25, 0.3) is 22.6 Å². The number of benzene rings is 3. The summed E-state index contributed by atoms with van der Waals surface area (Å²) in [5, 5.41) is 4.30. The summed E-state index contributed by atoms with van der Waals surface area (Å²) in [5.74, 6) is 1.09. The number of nitrogens with zero attached hydrogens (tertiary/aromatic N) is 1. The number of aromatic nitrogens is 1. The Hall–Kier alpha value is -4.32. The molecule has 4 rings (SSSR count). The Balaban J connectivity index is 1.56. The lowest BCUT2D eigenvalue weighted by atomic mass is 10.00. The normalized spacial score (nSPS) is 11.3. The molecule has 160 valence electrons. The average molecular weight is 425 g/mol. The number of hydrogen-bond acceptors (Lipinski definition) is 5. The van der Waals surface area contributed by atoms with Crippen molar-refractivity contribution in [2.45, 2.75) is 6.54 Å². The van der Waals surface area contributed by atoms with Crippen molar-refractivity contribution >= 4 is 40.0 Å². The van der Waals surface area contributed by atoms with Crippen LogP contribution in [0.4, 0.5) is 11.5 Å². The number of carbonyl (C=O) groups excluding carboxylic acids is 1. The van der Waals surface area contributed by atoms with Crippen LogP contribution < -0.4 is 21.5 Å². The number of anilines is 2. The molecule has 0 aliphatic rings. The van der Waals surface area contributed by atoms with Crippen LogP contribution in [-0.2, 0) is 11.3 Å². The number of nitrogens with one attached hydrogen (secondary N) is 1. The van der Waals surface area contributed by atoms with Gasteiger partial charge in [-0.2, -0.15) is 0 Å². The number of hydrogen-bond donors (Lipinski definition) is 3. The largest absolute Gasteiger partial charge is 0.497 e. The standard InChI is InChI=1S/C26H24N4O2/c1-32-20-10-6-17(7-11-20)16-29-25-13-9-19-14-18(8-12-24(19)30-25)15-22(26(28)31)21-4-2-3-5-23(21)27/h2-15H,16,27H2,1H3,(H2,28,31)(H,29,30). The number of rotatable bonds is 7. The predicted molar refractivity (Wildman–Crippen MR) is 130 cm³/mol. The number of para-hydroxylation sites is 1. The zero-order valence-corrected chi connectivity index (χ0v) is 17.7. The number of nitrogen functional groups attached to an aromatic ring is 1. The molecule has 1 amide bonds. The van der Waals surface area contributed by atoms with E-state index in [1.54, 1.807) is 25.3 Å². The molecule has 1 aromatic heterocycles. The molecule has 0 aliphatic carbocycles. The highest BCUT2D eigenvalue weighted by molar-refractivity contribution is 6.24. The summed E-state index contributed by atoms with van der Waals surface area (Å²) in [6, 6.07) is 24.8. The van der Waals surface area contributed by atoms with Gasteiger partial charge in [-0.3, -0.25) is 4.79 Å². The van der Waals surface area contributed by atoms with E-state index in [9.17, 15) is 4.79 Å². The number of pyridine rings is 1. The molecule has 4 aromatic rings. The van der Waals surface area contributed by atoms with Gasteiger partial charge in [0, 0.05) is 28.8 Å². The number of fused-ring (bicyclic) bond motifs is 1. The molecule has 5 N–H and O–H groups in total. The summed E-state index contributed by atoms with van der Waals surface area (Å²) in [7, 11) is 1.65. The van der Waals surface area contributed by atoms with E-state index < -0.39 is 5.91 Å². The van der Waals surface area contributed by atoms with E-state index in [1.165, 1.54) is 0 Å². The third-order valence-corrected chi connectivity index (χ3v) is 5.17. The molecule has 0 bridgehead atoms. The predicted octanol–water partition coefficient (Wildman–Crippen LogP) is 4.46. The molecule has 3 aromatic carbocycles. The SMILES string of the molecule is COc1ccc(CNc2ccc3cc(C=C(C(N)=O)c4ccccc4N)ccc3n2)cc1. The summed E-state index contributed by atoms with van der Waals surface area (Å²) >= 11 is 0. The van der Waals surface area contributed by atoms with E-state index in [-0.39, 0.29) is 0 Å². The third kappa shape index (κ3) is 4.70. The second-order valence-corrected chi connectivity index (χ2v) is 7.36. The van der Waals surface area contributed by atoms with Gasteiger partial charge in [0.2, 0.25) is 5.91 Å². The zero-order chi connectivity index (χ0) is 22.5. The van der Waals surface area contributed by atoms with E-state index in [2.05, 4.69) is 10.3 Å². The molecule has 1 heterocycles. The molecular weight excluding hydrogens is 400 g/mol. The van der Waals surface area contributed by atoms with Crippen LogP contribution in [-0.4, -0.2) is 18.0 Å². The van der Waals surface area contributed by atoms with Gasteiger partial charge in [0.15, 0.2) is 0 Å². The summed E-state index contributed by atoms with van der Waals surface area (Å²) < 4.78 is 5.19. The van der Waals surface area contributed by atoms with Crippen molar-refractivity contribution in [1.82, 2.24) is 4.98 Å². The molecule has 6 heteroatoms. The van der Waals surface area contributed by atoms with E-state index in [4.69, 9.17) is 16.2 Å². The van der Waals surface area contributed by atoms with Crippen LogP contribution in [0.2, 0.25) is 0 Å². The highest BCUT2D eigenvalue weighted by Crippen LogP contribution is 2.25. The fourth-order valence-corrected chi connectivity index (χ4v) is 3.46. The van der Waals surface area contributed by atoms with Gasteiger partial charge in [-0.25, -0.2) is 4.98 Å². The quantitative estimate of drug-likeness (QED) is 0.231. The monoisotopic (exact) mass is 424 g/mol. The maximum absolute atomic E-state index is 12.1. The molecule has 0 radical (unpaired) electrons. The van der Waals surface area contributed by atoms with Gasteiger partial charge >= 0.3 is 0 Å². The van der Waals surface area contributed by atoms with Crippen molar-refractivity contribution in [2.75, 3.05) is 18.2 Å². The van der Waals surface area contributed by atoms with E-state index in [0.29, 0.717) is 23.4 Å². The number of primary amides is 1. The molecule has 0 spiro atoms. The van der Waals surface area contributed by atoms with Gasteiger partial charge in [-0.1, -0.05) is 36.4 Å². The first-order chi connectivity index (χ1) is 15.5. The minimum atomic E-state index is -0.529. The Bertz CT molecular complexity index is 1300. The van der Waals surface area contributed by atoms with Crippen molar-refractivity contribution in [2.24, 2.45) is 5.73 Å². The van der Waals surface area contributed by atoms with Crippen molar-refractivity contribution in [3.05, 3.63) is 95.6 Å². The Morgan fingerprint density at radius 3 is 2.53 bits per heavy atom. The van der Waals surface area contributed by atoms with E-state index in [1.807, 2.05) is 66.7 Å². The minimum Gasteiger partial charge on any atom is -0.497 e. The Labute approximate surface area is 186 Å². The van der Waals surface area contributed by atoms with Gasteiger partial charge in [0.1, 0.15) is 11.6 Å². The van der Waals surface area contributed by atoms with Crippen LogP contribution in [0, 0.1) is 0 Å². The summed E-state index contributed by atoms with van der Waals surface area (Å²) in [6.45, 7) is 0.657. The van der Waals surface area contributed by atoms with Gasteiger partial charge in [-0.15, -0.1) is 0 Å². The average Bonchev–Trinajstić information content (AvgIpc) is 2.82. The number of amides is 1. The lowest BCUT2D eigenvalue weighted by molar-refractivity contribution is -0.112. The number of ether oxygens (including phenoxy) is 1. The van der Waals surface area contributed by atoms with Crippen molar-refractivity contribution in [1.29, 1.82) is 0 Å². The Morgan fingerprint density at radius 2 is 1.81 bits per heavy atom. The first kappa shape index (κ1) is 20.9. The molecule has 0 saturated heterocycles. The molecular formula is C26H24N4O2. The summed E-state index contributed by atoms with van der Waals surface area (Å²) in [6.07, 6.45) is 1.75. The topological polar surface area (TPSA) is 103 Å². The first-order valence-electron chi connectivity index (χ1n) is 10.2. The van der Waals surface area contributed by atoms with Gasteiger partial charge in [-0.05, 0) is 59.7 Å². The maximum Gasteiger partial charge on any atom is 0.249 e. The van der Waals surface area contributed by atoms with Crippen LogP contribution >= 0.6 is 0 Å². The van der Waals surface area contributed by atoms with Gasteiger partial charge in [0.05, 0.1) is 12.6 Å². The van der Waals surface area contributed by atoms with Crippen molar-refractivity contribution in [3.63, 3.8) is 0 Å². The van der Waals surface area contributed by atoms with Crippen LogP contribution in [0.3, 0.4) is 0 Å². The highest BCUT2D eigenvalue weighted by atomic mass is 16.5. The first-order valence-corrected chi connectivity index (χ1v) is 10.2. The lowest BCUT2D eigenvalue weighted by Crippen LogP contribution is -2.14. The number of carbonyl (C=O) groups is 1. The lowest BCUT2D eigenvalue weighted by Gasteiger charge is -2.09. The van der Waals surface area contributed by atoms with Crippen molar-refractivity contribution in [3.8, 4) is 5.75 Å². The Kier molecular flexibility index (Phi) is 6.03. The van der Waals surface area contributed by atoms with Crippen LogP contribution in [0.5, 0.6) is 5.75 Å². The molecule has 0 atom stereocenters. The molecule has 32 heavy (non-hydrogen) atoms. The second-order valence-electron chi connectivity index (χ2n) is 7.36. The third-order valence-electron chi connectivity index (χ3n) is 5.17. The Morgan fingerprint density at radius 1 is 1.03 bits per heavy atom. The molecule has 0 aliphatic heterocycles. The van der Waals surface area contributed by atoms with Gasteiger partial charge < -0.3 is 21.5 Å². The smallest absolute Gasteiger partial charge is 0.249 e. The highest BCUT2D eigenvalue weighted by Gasteiger charge is 2.11. The fraction of sp³-hybridized carbons (Fsp3) is 0.0769. The van der Waals surface area contributed by atoms with Gasteiger partial charge in [0.25, 0.3) is 0 Å². The molecule has 0 saturated carbocycles. The van der Waals surface area contributed by atoms with Crippen LogP contribution in [0.15, 0.2) is 78.9 Å². The van der Waals surface area contributed by atoms with Crippen molar-refractivity contribution < 1.29 is 9.53 Å². The molecule has 0 fully saturated rings.